The van der Waals surface area contributed by atoms with E-state index in [1.54, 1.807) is 12.3 Å². The lowest BCUT2D eigenvalue weighted by molar-refractivity contribution is 0.0601. The van der Waals surface area contributed by atoms with E-state index >= 15 is 0 Å². The average Bonchev–Trinajstić information content (AvgIpc) is 2.66. The Labute approximate surface area is 85.6 Å². The van der Waals surface area contributed by atoms with Gasteiger partial charge in [0.05, 0.1) is 23.2 Å². The first-order valence-corrected chi connectivity index (χ1v) is 4.45. The number of hydrogen-bond donors (Lipinski definition) is 1. The summed E-state index contributed by atoms with van der Waals surface area (Å²) in [6.45, 7) is 0. The first-order chi connectivity index (χ1) is 6.74. The molecule has 1 N–H and O–H groups in total. The van der Waals surface area contributed by atoms with Crippen molar-refractivity contribution < 1.29 is 9.53 Å². The van der Waals surface area contributed by atoms with Crippen LogP contribution in [-0.4, -0.2) is 18.1 Å². The van der Waals surface area contributed by atoms with Crippen LogP contribution in [0.25, 0.3) is 10.9 Å². The third-order valence-electron chi connectivity index (χ3n) is 2.07. The van der Waals surface area contributed by atoms with Crippen molar-refractivity contribution in [1.29, 1.82) is 0 Å². The molecule has 2 rings (SSSR count). The number of ether oxygens (including phenoxy) is 1. The molecule has 0 saturated heterocycles. The molecule has 0 saturated carbocycles. The minimum absolute atomic E-state index is 0.379. The van der Waals surface area contributed by atoms with Crippen molar-refractivity contribution in [3.8, 4) is 0 Å². The van der Waals surface area contributed by atoms with Crippen LogP contribution >= 0.6 is 11.6 Å². The number of rotatable bonds is 1. The summed E-state index contributed by atoms with van der Waals surface area (Å²) in [5.41, 5.74) is 1.14. The summed E-state index contributed by atoms with van der Waals surface area (Å²) in [6.07, 6.45) is 1.78. The van der Waals surface area contributed by atoms with E-state index in [0.717, 1.165) is 10.9 Å². The van der Waals surface area contributed by atoms with Gasteiger partial charge in [-0.25, -0.2) is 4.79 Å². The molecule has 4 heteroatoms. The molecular weight excluding hydrogens is 202 g/mol. The molecule has 2 aromatic rings. The maximum atomic E-state index is 11.3. The molecule has 0 amide bonds. The molecule has 1 aromatic heterocycles. The molecule has 14 heavy (non-hydrogen) atoms. The van der Waals surface area contributed by atoms with Crippen molar-refractivity contribution in [2.75, 3.05) is 7.11 Å². The molecule has 0 spiro atoms. The molecule has 0 aliphatic rings. The van der Waals surface area contributed by atoms with Crippen LogP contribution in [0.3, 0.4) is 0 Å². The first-order valence-electron chi connectivity index (χ1n) is 4.08. The molecule has 0 aliphatic heterocycles. The van der Waals surface area contributed by atoms with E-state index in [9.17, 15) is 4.79 Å². The summed E-state index contributed by atoms with van der Waals surface area (Å²) in [5, 5.41) is 1.38. The first kappa shape index (κ1) is 9.09. The lowest BCUT2D eigenvalue weighted by Crippen LogP contribution is -2.01. The van der Waals surface area contributed by atoms with Gasteiger partial charge in [-0.15, -0.1) is 0 Å². The van der Waals surface area contributed by atoms with Gasteiger partial charge >= 0.3 is 5.97 Å². The number of esters is 1. The van der Waals surface area contributed by atoms with Gasteiger partial charge < -0.3 is 9.72 Å². The van der Waals surface area contributed by atoms with Crippen molar-refractivity contribution in [1.82, 2.24) is 4.98 Å². The number of aromatic amines is 1. The van der Waals surface area contributed by atoms with E-state index in [0.29, 0.717) is 10.6 Å². The number of carbonyl (C=O) groups is 1. The number of carbonyl (C=O) groups excluding carboxylic acids is 1. The highest BCUT2D eigenvalue weighted by Gasteiger charge is 2.13. The Morgan fingerprint density at radius 3 is 2.93 bits per heavy atom. The lowest BCUT2D eigenvalue weighted by Gasteiger charge is -2.02. The zero-order valence-electron chi connectivity index (χ0n) is 7.50. The molecule has 3 nitrogen and oxygen atoms in total. The Morgan fingerprint density at radius 2 is 2.21 bits per heavy atom. The topological polar surface area (TPSA) is 42.1 Å². The van der Waals surface area contributed by atoms with Crippen LogP contribution in [0.5, 0.6) is 0 Å². The summed E-state index contributed by atoms with van der Waals surface area (Å²) < 4.78 is 4.61. The minimum Gasteiger partial charge on any atom is -0.465 e. The van der Waals surface area contributed by atoms with E-state index in [1.807, 2.05) is 12.1 Å². The largest absolute Gasteiger partial charge is 0.465 e. The number of nitrogens with one attached hydrogen (secondary N) is 1. The van der Waals surface area contributed by atoms with Crippen LogP contribution in [0, 0.1) is 0 Å². The normalized spacial score (nSPS) is 10.4. The molecule has 0 bridgehead atoms. The second kappa shape index (κ2) is 3.35. The minimum atomic E-state index is -0.425. The van der Waals surface area contributed by atoms with Gasteiger partial charge in [0.2, 0.25) is 0 Å². The molecule has 0 unspecified atom stereocenters. The summed E-state index contributed by atoms with van der Waals surface area (Å²) in [4.78, 5) is 14.2. The fourth-order valence-corrected chi connectivity index (χ4v) is 1.66. The SMILES string of the molecule is COC(=O)c1ccc2cc[nH]c2c1Cl. The van der Waals surface area contributed by atoms with Gasteiger partial charge in [-0.3, -0.25) is 0 Å². The van der Waals surface area contributed by atoms with E-state index in [2.05, 4.69) is 9.72 Å². The molecule has 0 fully saturated rings. The van der Waals surface area contributed by atoms with Gasteiger partial charge in [-0.05, 0) is 12.1 Å². The van der Waals surface area contributed by atoms with Gasteiger partial charge in [0.25, 0.3) is 0 Å². The zero-order chi connectivity index (χ0) is 10.1. The molecule has 1 heterocycles. The fraction of sp³-hybridized carbons (Fsp3) is 0.100. The number of aromatic nitrogens is 1. The van der Waals surface area contributed by atoms with Crippen LogP contribution in [0.2, 0.25) is 5.02 Å². The standard InChI is InChI=1S/C10H8ClNO2/c1-14-10(13)7-3-2-6-4-5-12-9(6)8(7)11/h2-5,12H,1H3. The zero-order valence-corrected chi connectivity index (χ0v) is 8.26. The number of H-pyrrole nitrogens is 1. The van der Waals surface area contributed by atoms with Crippen molar-refractivity contribution in [3.63, 3.8) is 0 Å². The van der Waals surface area contributed by atoms with Crippen molar-refractivity contribution in [2.45, 2.75) is 0 Å². The highest BCUT2D eigenvalue weighted by molar-refractivity contribution is 6.38. The smallest absolute Gasteiger partial charge is 0.339 e. The van der Waals surface area contributed by atoms with E-state index in [-0.39, 0.29) is 0 Å². The maximum Gasteiger partial charge on any atom is 0.339 e. The summed E-state index contributed by atoms with van der Waals surface area (Å²) in [6, 6.07) is 5.37. The number of hydrogen-bond acceptors (Lipinski definition) is 2. The van der Waals surface area contributed by atoms with E-state index in [4.69, 9.17) is 11.6 Å². The number of halogens is 1. The van der Waals surface area contributed by atoms with Gasteiger partial charge in [0, 0.05) is 11.6 Å². The second-order valence-electron chi connectivity index (χ2n) is 2.86. The van der Waals surface area contributed by atoms with E-state index in [1.165, 1.54) is 7.11 Å². The Balaban J connectivity index is 2.67. The second-order valence-corrected chi connectivity index (χ2v) is 3.24. The molecule has 1 aromatic carbocycles. The lowest BCUT2D eigenvalue weighted by atomic mass is 10.1. The summed E-state index contributed by atoms with van der Waals surface area (Å²) in [7, 11) is 1.33. The van der Waals surface area contributed by atoms with Gasteiger partial charge in [-0.1, -0.05) is 17.7 Å². The third-order valence-corrected chi connectivity index (χ3v) is 2.46. The van der Waals surface area contributed by atoms with Crippen LogP contribution in [0.15, 0.2) is 24.4 Å². The van der Waals surface area contributed by atoms with Gasteiger partial charge in [0.1, 0.15) is 0 Å². The van der Waals surface area contributed by atoms with E-state index < -0.39 is 5.97 Å². The van der Waals surface area contributed by atoms with Crippen molar-refractivity contribution >= 4 is 28.5 Å². The monoisotopic (exact) mass is 209 g/mol. The highest BCUT2D eigenvalue weighted by Crippen LogP contribution is 2.26. The highest BCUT2D eigenvalue weighted by atomic mass is 35.5. The quantitative estimate of drug-likeness (QED) is 0.734. The molecule has 0 atom stereocenters. The summed E-state index contributed by atoms with van der Waals surface area (Å²) in [5.74, 6) is -0.425. The molecule has 0 aliphatic carbocycles. The average molecular weight is 210 g/mol. The predicted molar refractivity (Wildman–Crippen MR) is 54.6 cm³/mol. The van der Waals surface area contributed by atoms with Crippen LogP contribution in [0.1, 0.15) is 10.4 Å². The third kappa shape index (κ3) is 1.26. The molecular formula is C10H8ClNO2. The predicted octanol–water partition coefficient (Wildman–Crippen LogP) is 2.61. The Morgan fingerprint density at radius 1 is 1.43 bits per heavy atom. The van der Waals surface area contributed by atoms with Crippen LogP contribution < -0.4 is 0 Å². The van der Waals surface area contributed by atoms with Crippen molar-refractivity contribution in [3.05, 3.63) is 35.0 Å². The Bertz CT molecular complexity index is 490. The fourth-order valence-electron chi connectivity index (χ4n) is 1.36. The van der Waals surface area contributed by atoms with Crippen molar-refractivity contribution in [2.24, 2.45) is 0 Å². The number of methoxy groups -OCH3 is 1. The van der Waals surface area contributed by atoms with Gasteiger partial charge in [0.15, 0.2) is 0 Å². The van der Waals surface area contributed by atoms with Crippen LogP contribution in [-0.2, 0) is 4.74 Å². The number of benzene rings is 1. The molecule has 72 valence electrons. The Hall–Kier alpha value is -1.48. The van der Waals surface area contributed by atoms with Crippen LogP contribution in [0.4, 0.5) is 0 Å². The molecule has 0 radical (unpaired) electrons. The van der Waals surface area contributed by atoms with Gasteiger partial charge in [-0.2, -0.15) is 0 Å². The summed E-state index contributed by atoms with van der Waals surface area (Å²) >= 11 is 6.02. The number of fused-ring (bicyclic) bond motifs is 1. The maximum absolute atomic E-state index is 11.3. The Kier molecular flexibility index (Phi) is 2.17.